The van der Waals surface area contributed by atoms with Gasteiger partial charge in [0.1, 0.15) is 5.60 Å². The topological polar surface area (TPSA) is 78.1 Å². The van der Waals surface area contributed by atoms with Gasteiger partial charge in [-0.25, -0.2) is 0 Å². The molecule has 0 radical (unpaired) electrons. The number of benzene rings is 1. The van der Waals surface area contributed by atoms with Crippen LogP contribution in [0.1, 0.15) is 76.1 Å². The summed E-state index contributed by atoms with van der Waals surface area (Å²) < 4.78 is 11.2. The van der Waals surface area contributed by atoms with Gasteiger partial charge in [0, 0.05) is 24.4 Å². The lowest BCUT2D eigenvalue weighted by molar-refractivity contribution is -0.156. The highest BCUT2D eigenvalue weighted by atomic mass is 16.6. The number of hydrogen-bond donors (Lipinski definition) is 0. The fourth-order valence-electron chi connectivity index (χ4n) is 5.44. The Balaban J connectivity index is 1.32. The summed E-state index contributed by atoms with van der Waals surface area (Å²) in [6.07, 6.45) is 10.3. The van der Waals surface area contributed by atoms with Crippen LogP contribution in [0.4, 0.5) is 0 Å². The summed E-state index contributed by atoms with van der Waals surface area (Å²) in [6, 6.07) is 6.38. The fraction of sp³-hybridized carbons (Fsp3) is 0.517. The normalized spacial score (nSPS) is 19.1. The molecule has 35 heavy (non-hydrogen) atoms. The minimum Gasteiger partial charge on any atom is -0.460 e. The third-order valence-electron chi connectivity index (χ3n) is 7.19. The molecule has 0 saturated carbocycles. The summed E-state index contributed by atoms with van der Waals surface area (Å²) in [4.78, 5) is 21.5. The highest BCUT2D eigenvalue weighted by molar-refractivity contribution is 5.70. The van der Waals surface area contributed by atoms with Crippen molar-refractivity contribution in [2.24, 2.45) is 11.3 Å². The van der Waals surface area contributed by atoms with Gasteiger partial charge >= 0.3 is 5.97 Å². The molecule has 6 heteroatoms. The zero-order chi connectivity index (χ0) is 24.8. The van der Waals surface area contributed by atoms with Gasteiger partial charge in [-0.2, -0.15) is 4.98 Å². The van der Waals surface area contributed by atoms with Gasteiger partial charge in [-0.05, 0) is 98.9 Å². The number of hydrogen-bond acceptors (Lipinski definition) is 6. The maximum absolute atomic E-state index is 12.3. The molecule has 6 nitrogen and oxygen atoms in total. The molecule has 5 rings (SSSR count). The van der Waals surface area contributed by atoms with Crippen LogP contribution in [-0.4, -0.2) is 26.7 Å². The average molecular weight is 474 g/mol. The van der Waals surface area contributed by atoms with Crippen molar-refractivity contribution in [2.75, 3.05) is 0 Å². The standard InChI is InChI=1S/C29H35N3O3/c1-28(2,3)34-25(33)13-18-6-7-20-14-21(9-8-19(20)12-18)26-31-27(35-32-26)24-17-30-16-22-15-29(4,5)11-10-23(22)24/h8-9,14,16-18H,6-7,10-13,15H2,1-5H3. The Labute approximate surface area is 207 Å². The third-order valence-corrected chi connectivity index (χ3v) is 7.19. The van der Waals surface area contributed by atoms with E-state index in [2.05, 4.69) is 42.2 Å². The van der Waals surface area contributed by atoms with Gasteiger partial charge in [0.2, 0.25) is 5.82 Å². The Morgan fingerprint density at radius 3 is 2.77 bits per heavy atom. The zero-order valence-electron chi connectivity index (χ0n) is 21.5. The lowest BCUT2D eigenvalue weighted by atomic mass is 9.74. The zero-order valence-corrected chi connectivity index (χ0v) is 21.5. The van der Waals surface area contributed by atoms with Gasteiger partial charge in [0.15, 0.2) is 0 Å². The van der Waals surface area contributed by atoms with Gasteiger partial charge in [0.25, 0.3) is 5.89 Å². The van der Waals surface area contributed by atoms with Gasteiger partial charge in [-0.15, -0.1) is 0 Å². The summed E-state index contributed by atoms with van der Waals surface area (Å²) >= 11 is 0. The molecule has 1 unspecified atom stereocenters. The molecule has 0 spiro atoms. The Morgan fingerprint density at radius 2 is 1.97 bits per heavy atom. The molecule has 2 aliphatic rings. The van der Waals surface area contributed by atoms with E-state index >= 15 is 0 Å². The van der Waals surface area contributed by atoms with Crippen LogP contribution in [0.2, 0.25) is 0 Å². The number of pyridine rings is 1. The predicted octanol–water partition coefficient (Wildman–Crippen LogP) is 6.15. The first-order valence-electron chi connectivity index (χ1n) is 12.7. The highest BCUT2D eigenvalue weighted by Crippen LogP contribution is 2.38. The molecule has 3 aromatic rings. The Hall–Kier alpha value is -3.02. The first-order valence-corrected chi connectivity index (χ1v) is 12.7. The summed E-state index contributed by atoms with van der Waals surface area (Å²) in [7, 11) is 0. The van der Waals surface area contributed by atoms with E-state index in [-0.39, 0.29) is 5.97 Å². The van der Waals surface area contributed by atoms with Gasteiger partial charge < -0.3 is 9.26 Å². The van der Waals surface area contributed by atoms with E-state index in [0.29, 0.717) is 29.5 Å². The second kappa shape index (κ2) is 8.89. The van der Waals surface area contributed by atoms with Crippen molar-refractivity contribution in [3.63, 3.8) is 0 Å². The summed E-state index contributed by atoms with van der Waals surface area (Å²) in [5.74, 6) is 1.36. The van der Waals surface area contributed by atoms with Crippen molar-refractivity contribution in [1.82, 2.24) is 15.1 Å². The van der Waals surface area contributed by atoms with Crippen LogP contribution in [0, 0.1) is 11.3 Å². The number of rotatable bonds is 4. The molecule has 0 fully saturated rings. The van der Waals surface area contributed by atoms with Crippen LogP contribution in [0.3, 0.4) is 0 Å². The molecule has 0 aliphatic heterocycles. The number of carbonyl (C=O) groups is 1. The number of fused-ring (bicyclic) bond motifs is 2. The van der Waals surface area contributed by atoms with E-state index in [1.807, 2.05) is 33.2 Å². The number of esters is 1. The molecular formula is C29H35N3O3. The Morgan fingerprint density at radius 1 is 1.14 bits per heavy atom. The summed E-state index contributed by atoms with van der Waals surface area (Å²) in [5, 5.41) is 4.30. The maximum Gasteiger partial charge on any atom is 0.306 e. The first kappa shape index (κ1) is 23.7. The van der Waals surface area contributed by atoms with Crippen LogP contribution in [0.15, 0.2) is 35.1 Å². The van der Waals surface area contributed by atoms with E-state index in [1.54, 1.807) is 0 Å². The molecule has 0 N–H and O–H groups in total. The second-order valence-corrected chi connectivity index (χ2v) is 12.0. The Bertz CT molecular complexity index is 1250. The fourth-order valence-corrected chi connectivity index (χ4v) is 5.44. The van der Waals surface area contributed by atoms with Gasteiger partial charge in [-0.3, -0.25) is 9.78 Å². The van der Waals surface area contributed by atoms with Gasteiger partial charge in [-0.1, -0.05) is 31.1 Å². The SMILES string of the molecule is CC1(C)CCc2c(cncc2-c2nc(-c3ccc4c(c3)CCC(CC(=O)OC(C)(C)C)C4)no2)C1. The predicted molar refractivity (Wildman–Crippen MR) is 135 cm³/mol. The molecule has 0 bridgehead atoms. The monoisotopic (exact) mass is 473 g/mol. The van der Waals surface area contributed by atoms with Crippen molar-refractivity contribution in [3.8, 4) is 22.8 Å². The molecule has 1 aromatic carbocycles. The number of aryl methyl sites for hydroxylation is 1. The van der Waals surface area contributed by atoms with Crippen LogP contribution < -0.4 is 0 Å². The van der Waals surface area contributed by atoms with Gasteiger partial charge in [0.05, 0.1) is 5.56 Å². The molecule has 0 saturated heterocycles. The third kappa shape index (κ3) is 5.31. The Kier molecular flexibility index (Phi) is 6.02. The number of aromatic nitrogens is 3. The van der Waals surface area contributed by atoms with Crippen molar-refractivity contribution >= 4 is 5.97 Å². The number of nitrogens with zero attached hydrogens (tertiary/aromatic N) is 3. The van der Waals surface area contributed by atoms with Crippen LogP contribution >= 0.6 is 0 Å². The average Bonchev–Trinajstić information content (AvgIpc) is 3.26. The van der Waals surface area contributed by atoms with Crippen molar-refractivity contribution in [1.29, 1.82) is 0 Å². The largest absolute Gasteiger partial charge is 0.460 e. The lowest BCUT2D eigenvalue weighted by Crippen LogP contribution is -2.26. The molecule has 2 heterocycles. The molecule has 1 atom stereocenters. The van der Waals surface area contributed by atoms with E-state index in [1.165, 1.54) is 22.3 Å². The molecule has 2 aliphatic carbocycles. The van der Waals surface area contributed by atoms with Crippen LogP contribution in [0.25, 0.3) is 22.8 Å². The minimum absolute atomic E-state index is 0.108. The van der Waals surface area contributed by atoms with Crippen molar-refractivity contribution < 1.29 is 14.1 Å². The van der Waals surface area contributed by atoms with Crippen LogP contribution in [0.5, 0.6) is 0 Å². The highest BCUT2D eigenvalue weighted by Gasteiger charge is 2.29. The van der Waals surface area contributed by atoms with Crippen molar-refractivity contribution in [3.05, 3.63) is 52.8 Å². The quantitative estimate of drug-likeness (QED) is 0.423. The van der Waals surface area contributed by atoms with E-state index in [4.69, 9.17) is 14.2 Å². The molecule has 2 aromatic heterocycles. The molecular weight excluding hydrogens is 438 g/mol. The smallest absolute Gasteiger partial charge is 0.306 e. The maximum atomic E-state index is 12.3. The first-order chi connectivity index (χ1) is 16.6. The van der Waals surface area contributed by atoms with E-state index in [9.17, 15) is 4.79 Å². The van der Waals surface area contributed by atoms with E-state index in [0.717, 1.165) is 49.7 Å². The molecule has 184 valence electrons. The second-order valence-electron chi connectivity index (χ2n) is 12.0. The molecule has 0 amide bonds. The summed E-state index contributed by atoms with van der Waals surface area (Å²) in [5.41, 5.74) is 6.94. The minimum atomic E-state index is -0.437. The summed E-state index contributed by atoms with van der Waals surface area (Å²) in [6.45, 7) is 10.4. The number of carbonyl (C=O) groups excluding carboxylic acids is 1. The van der Waals surface area contributed by atoms with E-state index < -0.39 is 5.60 Å². The van der Waals surface area contributed by atoms with Crippen molar-refractivity contribution in [2.45, 2.75) is 85.2 Å². The van der Waals surface area contributed by atoms with Crippen LogP contribution in [-0.2, 0) is 35.2 Å². The lowest BCUT2D eigenvalue weighted by Gasteiger charge is -2.31. The number of ether oxygens (including phenoxy) is 1.